The molecule has 0 aromatic heterocycles. The molecule has 0 fully saturated rings. The Balaban J connectivity index is 2.37. The SMILES string of the molecule is CC(O)CC1=CC2=CC(=O)C(C)(O)C(=O)C2=CO1. The first kappa shape index (κ1) is 12.7. The summed E-state index contributed by atoms with van der Waals surface area (Å²) in [6, 6.07) is 0. The topological polar surface area (TPSA) is 83.8 Å². The fourth-order valence-corrected chi connectivity index (χ4v) is 1.85. The van der Waals surface area contributed by atoms with Crippen LogP contribution < -0.4 is 0 Å². The highest BCUT2D eigenvalue weighted by atomic mass is 16.5. The van der Waals surface area contributed by atoms with Gasteiger partial charge in [-0.1, -0.05) is 0 Å². The predicted octanol–water partition coefficient (Wildman–Crippen LogP) is 0.384. The molecule has 2 unspecified atom stereocenters. The molecule has 2 atom stereocenters. The Kier molecular flexibility index (Phi) is 2.96. The number of carbonyl (C=O) groups excluding carboxylic acids is 2. The summed E-state index contributed by atoms with van der Waals surface area (Å²) in [5.41, 5.74) is -1.43. The number of hydrogen-bond donors (Lipinski definition) is 2. The van der Waals surface area contributed by atoms with Crippen LogP contribution in [0.15, 0.2) is 35.3 Å². The van der Waals surface area contributed by atoms with Crippen LogP contribution in [-0.4, -0.2) is 33.5 Å². The van der Waals surface area contributed by atoms with Gasteiger partial charge in [-0.2, -0.15) is 0 Å². The Morgan fingerprint density at radius 1 is 1.39 bits per heavy atom. The second kappa shape index (κ2) is 4.19. The highest BCUT2D eigenvalue weighted by Gasteiger charge is 2.44. The van der Waals surface area contributed by atoms with Crippen molar-refractivity contribution in [3.63, 3.8) is 0 Å². The molecule has 0 aromatic rings. The quantitative estimate of drug-likeness (QED) is 0.692. The number of Topliss-reactive ketones (excluding diaryl/α,β-unsaturated/α-hetero) is 1. The summed E-state index contributed by atoms with van der Waals surface area (Å²) >= 11 is 0. The molecule has 1 aliphatic heterocycles. The van der Waals surface area contributed by atoms with Crippen molar-refractivity contribution in [2.45, 2.75) is 32.0 Å². The van der Waals surface area contributed by atoms with Crippen molar-refractivity contribution in [3.8, 4) is 0 Å². The first-order valence-corrected chi connectivity index (χ1v) is 5.61. The Morgan fingerprint density at radius 2 is 2.06 bits per heavy atom. The summed E-state index contributed by atoms with van der Waals surface area (Å²) in [7, 11) is 0. The molecule has 2 N–H and O–H groups in total. The normalized spacial score (nSPS) is 28.8. The summed E-state index contributed by atoms with van der Waals surface area (Å²) in [4.78, 5) is 23.5. The predicted molar refractivity (Wildman–Crippen MR) is 62.3 cm³/mol. The molecule has 0 bridgehead atoms. The van der Waals surface area contributed by atoms with E-state index in [2.05, 4.69) is 0 Å². The Hall–Kier alpha value is -1.72. The molecule has 5 heteroatoms. The molecule has 5 nitrogen and oxygen atoms in total. The van der Waals surface area contributed by atoms with Gasteiger partial charge in [-0.15, -0.1) is 0 Å². The number of ether oxygens (including phenoxy) is 1. The number of rotatable bonds is 2. The van der Waals surface area contributed by atoms with Crippen molar-refractivity contribution >= 4 is 11.6 Å². The van der Waals surface area contributed by atoms with Gasteiger partial charge in [-0.25, -0.2) is 0 Å². The minimum absolute atomic E-state index is 0.175. The summed E-state index contributed by atoms with van der Waals surface area (Å²) < 4.78 is 5.21. The molecule has 1 aliphatic carbocycles. The van der Waals surface area contributed by atoms with E-state index in [0.29, 0.717) is 17.8 Å². The lowest BCUT2D eigenvalue weighted by molar-refractivity contribution is -0.144. The minimum Gasteiger partial charge on any atom is -0.468 e. The Bertz CT molecular complexity index is 505. The number of hydrogen-bond acceptors (Lipinski definition) is 5. The Morgan fingerprint density at radius 3 is 2.67 bits per heavy atom. The molecule has 1 heterocycles. The van der Waals surface area contributed by atoms with Gasteiger partial charge in [0.25, 0.3) is 0 Å². The molecule has 2 aliphatic rings. The van der Waals surface area contributed by atoms with Gasteiger partial charge in [0.05, 0.1) is 11.7 Å². The summed E-state index contributed by atoms with van der Waals surface area (Å²) in [6.07, 6.45) is 3.68. The molecular weight excluding hydrogens is 236 g/mol. The second-order valence-electron chi connectivity index (χ2n) is 4.68. The average Bonchev–Trinajstić information content (AvgIpc) is 2.26. The number of allylic oxidation sites excluding steroid dienone is 2. The number of aliphatic hydroxyl groups excluding tert-OH is 1. The van der Waals surface area contributed by atoms with Crippen LogP contribution in [0.25, 0.3) is 0 Å². The van der Waals surface area contributed by atoms with Crippen LogP contribution in [0, 0.1) is 0 Å². The van der Waals surface area contributed by atoms with Gasteiger partial charge < -0.3 is 14.9 Å². The van der Waals surface area contributed by atoms with Crippen molar-refractivity contribution in [1.82, 2.24) is 0 Å². The zero-order chi connectivity index (χ0) is 13.5. The van der Waals surface area contributed by atoms with Gasteiger partial charge in [0.15, 0.2) is 11.4 Å². The van der Waals surface area contributed by atoms with Gasteiger partial charge in [0.1, 0.15) is 12.0 Å². The van der Waals surface area contributed by atoms with Crippen LogP contribution in [0.5, 0.6) is 0 Å². The maximum absolute atomic E-state index is 11.9. The minimum atomic E-state index is -2.02. The molecule has 0 aromatic carbocycles. The summed E-state index contributed by atoms with van der Waals surface area (Å²) in [5.74, 6) is -0.839. The molecular formula is C13H14O5. The first-order chi connectivity index (χ1) is 8.32. The second-order valence-corrected chi connectivity index (χ2v) is 4.68. The van der Waals surface area contributed by atoms with E-state index >= 15 is 0 Å². The fraction of sp³-hybridized carbons (Fsp3) is 0.385. The standard InChI is InChI=1S/C13H14O5/c1-7(14)3-9-4-8-5-11(15)13(2,17)12(16)10(8)6-18-9/h4-7,14,17H,3H2,1-2H3. The van der Waals surface area contributed by atoms with Crippen molar-refractivity contribution in [2.75, 3.05) is 0 Å². The zero-order valence-electron chi connectivity index (χ0n) is 10.1. The maximum Gasteiger partial charge on any atom is 0.205 e. The highest BCUT2D eigenvalue weighted by molar-refractivity contribution is 6.25. The van der Waals surface area contributed by atoms with Crippen molar-refractivity contribution < 1.29 is 24.5 Å². The smallest absolute Gasteiger partial charge is 0.205 e. The monoisotopic (exact) mass is 250 g/mol. The van der Waals surface area contributed by atoms with Crippen LogP contribution in [-0.2, 0) is 14.3 Å². The molecule has 0 spiro atoms. The maximum atomic E-state index is 11.9. The van der Waals surface area contributed by atoms with Gasteiger partial charge >= 0.3 is 0 Å². The highest BCUT2D eigenvalue weighted by Crippen LogP contribution is 2.31. The molecule has 18 heavy (non-hydrogen) atoms. The van der Waals surface area contributed by atoms with E-state index in [1.807, 2.05) is 0 Å². The molecule has 96 valence electrons. The fourth-order valence-electron chi connectivity index (χ4n) is 1.85. The van der Waals surface area contributed by atoms with E-state index < -0.39 is 23.3 Å². The summed E-state index contributed by atoms with van der Waals surface area (Å²) in [5, 5.41) is 19.0. The zero-order valence-corrected chi connectivity index (χ0v) is 10.1. The lowest BCUT2D eigenvalue weighted by Crippen LogP contribution is -2.46. The lowest BCUT2D eigenvalue weighted by atomic mass is 9.80. The molecule has 0 amide bonds. The third-order valence-corrected chi connectivity index (χ3v) is 2.91. The van der Waals surface area contributed by atoms with E-state index in [1.54, 1.807) is 6.92 Å². The van der Waals surface area contributed by atoms with E-state index in [1.165, 1.54) is 25.3 Å². The van der Waals surface area contributed by atoms with Crippen molar-refractivity contribution in [3.05, 3.63) is 35.3 Å². The number of fused-ring (bicyclic) bond motifs is 1. The molecule has 0 radical (unpaired) electrons. The number of ketones is 2. The van der Waals surface area contributed by atoms with Crippen molar-refractivity contribution in [2.24, 2.45) is 0 Å². The van der Waals surface area contributed by atoms with Gasteiger partial charge in [-0.3, -0.25) is 9.59 Å². The number of aliphatic hydroxyl groups is 2. The van der Waals surface area contributed by atoms with Crippen LogP contribution >= 0.6 is 0 Å². The number of carbonyl (C=O) groups is 2. The first-order valence-electron chi connectivity index (χ1n) is 5.61. The van der Waals surface area contributed by atoms with Gasteiger partial charge in [0.2, 0.25) is 5.78 Å². The van der Waals surface area contributed by atoms with Gasteiger partial charge in [0, 0.05) is 6.42 Å². The molecule has 0 saturated carbocycles. The molecule has 0 saturated heterocycles. The van der Waals surface area contributed by atoms with Crippen LogP contribution in [0.3, 0.4) is 0 Å². The van der Waals surface area contributed by atoms with E-state index in [4.69, 9.17) is 4.74 Å². The Labute approximate surface area is 104 Å². The van der Waals surface area contributed by atoms with E-state index in [9.17, 15) is 19.8 Å². The average molecular weight is 250 g/mol. The third-order valence-electron chi connectivity index (χ3n) is 2.91. The van der Waals surface area contributed by atoms with Crippen LogP contribution in [0.2, 0.25) is 0 Å². The molecule has 2 rings (SSSR count). The van der Waals surface area contributed by atoms with E-state index in [0.717, 1.165) is 0 Å². The lowest BCUT2D eigenvalue weighted by Gasteiger charge is -2.27. The van der Waals surface area contributed by atoms with Crippen LogP contribution in [0.4, 0.5) is 0 Å². The largest absolute Gasteiger partial charge is 0.468 e. The van der Waals surface area contributed by atoms with Crippen molar-refractivity contribution in [1.29, 1.82) is 0 Å². The van der Waals surface area contributed by atoms with Gasteiger partial charge in [-0.05, 0) is 31.6 Å². The summed E-state index contributed by atoms with van der Waals surface area (Å²) in [6.45, 7) is 2.78. The third kappa shape index (κ3) is 2.02. The van der Waals surface area contributed by atoms with E-state index in [-0.39, 0.29) is 5.57 Å². The van der Waals surface area contributed by atoms with Crippen LogP contribution in [0.1, 0.15) is 20.3 Å².